The van der Waals surface area contributed by atoms with E-state index in [0.29, 0.717) is 5.13 Å². The highest BCUT2D eigenvalue weighted by Gasteiger charge is 2.20. The molecule has 1 aliphatic heterocycles. The Labute approximate surface area is 117 Å². The number of hydrogen-bond donors (Lipinski definition) is 2. The average molecular weight is 284 g/mol. The minimum Gasteiger partial charge on any atom is -0.374 e. The topological polar surface area (TPSA) is 66.5 Å². The minimum atomic E-state index is -0.0821. The lowest BCUT2D eigenvalue weighted by atomic mass is 10.2. The minimum absolute atomic E-state index is 0.0821. The fourth-order valence-electron chi connectivity index (χ4n) is 2.09. The number of aromatic nitrogens is 1. The van der Waals surface area contributed by atoms with Crippen molar-refractivity contribution in [1.82, 2.24) is 15.2 Å². The number of likely N-dealkylation sites (N-methyl/N-ethyl adjacent to an activating group) is 1. The predicted molar refractivity (Wildman–Crippen MR) is 75.4 cm³/mol. The lowest BCUT2D eigenvalue weighted by Crippen LogP contribution is -2.45. The summed E-state index contributed by atoms with van der Waals surface area (Å²) in [5.74, 6) is -0.0821. The van der Waals surface area contributed by atoms with Gasteiger partial charge in [0, 0.05) is 38.5 Å². The van der Waals surface area contributed by atoms with Gasteiger partial charge in [-0.05, 0) is 7.05 Å². The summed E-state index contributed by atoms with van der Waals surface area (Å²) in [6.45, 7) is 5.76. The van der Waals surface area contributed by atoms with Crippen LogP contribution in [0.3, 0.4) is 0 Å². The van der Waals surface area contributed by atoms with E-state index in [-0.39, 0.29) is 12.0 Å². The van der Waals surface area contributed by atoms with E-state index in [1.165, 1.54) is 18.3 Å². The maximum absolute atomic E-state index is 10.9. The van der Waals surface area contributed by atoms with Crippen molar-refractivity contribution in [3.63, 3.8) is 0 Å². The first-order chi connectivity index (χ1) is 9.17. The van der Waals surface area contributed by atoms with Gasteiger partial charge < -0.3 is 15.4 Å². The van der Waals surface area contributed by atoms with E-state index < -0.39 is 0 Å². The summed E-state index contributed by atoms with van der Waals surface area (Å²) in [7, 11) is 1.93. The van der Waals surface area contributed by atoms with Gasteiger partial charge in [0.05, 0.1) is 18.4 Å². The summed E-state index contributed by atoms with van der Waals surface area (Å²) in [6.07, 6.45) is 0.243. The molecule has 0 spiro atoms. The highest BCUT2D eigenvalue weighted by molar-refractivity contribution is 7.13. The van der Waals surface area contributed by atoms with Crippen molar-refractivity contribution in [2.75, 3.05) is 38.6 Å². The molecule has 1 aromatic rings. The second kappa shape index (κ2) is 6.95. The Hall–Kier alpha value is -1.02. The molecule has 2 heterocycles. The summed E-state index contributed by atoms with van der Waals surface area (Å²) < 4.78 is 5.67. The Kier molecular flexibility index (Phi) is 5.26. The van der Waals surface area contributed by atoms with Gasteiger partial charge in [0.15, 0.2) is 5.13 Å². The molecule has 6 nitrogen and oxygen atoms in total. The Morgan fingerprint density at radius 1 is 1.68 bits per heavy atom. The highest BCUT2D eigenvalue weighted by atomic mass is 32.1. The number of nitrogens with zero attached hydrogens (tertiary/aromatic N) is 2. The van der Waals surface area contributed by atoms with Gasteiger partial charge in [0.25, 0.3) is 0 Å². The van der Waals surface area contributed by atoms with Crippen molar-refractivity contribution in [3.05, 3.63) is 11.1 Å². The number of carbonyl (C=O) groups is 1. The smallest absolute Gasteiger partial charge is 0.223 e. The fourth-order valence-corrected chi connectivity index (χ4v) is 2.84. The first-order valence-corrected chi connectivity index (χ1v) is 7.26. The van der Waals surface area contributed by atoms with Gasteiger partial charge in [0.1, 0.15) is 0 Å². The molecule has 2 rings (SSSR count). The van der Waals surface area contributed by atoms with Crippen LogP contribution in [0.5, 0.6) is 0 Å². The van der Waals surface area contributed by atoms with E-state index in [2.05, 4.69) is 20.5 Å². The largest absolute Gasteiger partial charge is 0.374 e. The van der Waals surface area contributed by atoms with Crippen LogP contribution in [-0.4, -0.2) is 55.2 Å². The summed E-state index contributed by atoms with van der Waals surface area (Å²) in [4.78, 5) is 17.7. The first-order valence-electron chi connectivity index (χ1n) is 6.38. The van der Waals surface area contributed by atoms with Crippen molar-refractivity contribution in [2.45, 2.75) is 19.6 Å². The quantitative estimate of drug-likeness (QED) is 0.825. The molecule has 0 bridgehead atoms. The molecular weight excluding hydrogens is 264 g/mol. The van der Waals surface area contributed by atoms with E-state index in [1.54, 1.807) is 0 Å². The lowest BCUT2D eigenvalue weighted by molar-refractivity contribution is -0.114. The molecule has 0 aromatic carbocycles. The molecular formula is C12H20N4O2S. The normalized spacial score (nSPS) is 20.4. The third-order valence-electron chi connectivity index (χ3n) is 2.88. The van der Waals surface area contributed by atoms with Crippen LogP contribution in [0.2, 0.25) is 0 Å². The highest BCUT2D eigenvalue weighted by Crippen LogP contribution is 2.17. The van der Waals surface area contributed by atoms with Gasteiger partial charge in [-0.15, -0.1) is 11.3 Å². The number of morpholine rings is 1. The SMILES string of the molecule is CNCC1CN(Cc2csc(NC(C)=O)n2)CCO1. The second-order valence-electron chi connectivity index (χ2n) is 4.61. The molecule has 106 valence electrons. The zero-order valence-electron chi connectivity index (χ0n) is 11.3. The van der Waals surface area contributed by atoms with Gasteiger partial charge in [-0.2, -0.15) is 0 Å². The van der Waals surface area contributed by atoms with Crippen molar-refractivity contribution in [3.8, 4) is 0 Å². The number of hydrogen-bond acceptors (Lipinski definition) is 6. The Balaban J connectivity index is 1.86. The zero-order valence-corrected chi connectivity index (χ0v) is 12.1. The number of rotatable bonds is 5. The summed E-state index contributed by atoms with van der Waals surface area (Å²) in [5.41, 5.74) is 0.999. The third-order valence-corrected chi connectivity index (χ3v) is 3.68. The molecule has 7 heteroatoms. The Bertz CT molecular complexity index is 422. The maximum Gasteiger partial charge on any atom is 0.223 e. The molecule has 2 N–H and O–H groups in total. The average Bonchev–Trinajstić information content (AvgIpc) is 2.76. The molecule has 1 atom stereocenters. The summed E-state index contributed by atoms with van der Waals surface area (Å²) >= 11 is 1.46. The third kappa shape index (κ3) is 4.54. The molecule has 19 heavy (non-hydrogen) atoms. The van der Waals surface area contributed by atoms with E-state index >= 15 is 0 Å². The van der Waals surface area contributed by atoms with Crippen molar-refractivity contribution >= 4 is 22.4 Å². The lowest BCUT2D eigenvalue weighted by Gasteiger charge is -2.32. The van der Waals surface area contributed by atoms with Crippen LogP contribution in [0, 0.1) is 0 Å². The molecule has 0 aliphatic carbocycles. The number of carbonyl (C=O) groups excluding carboxylic acids is 1. The zero-order chi connectivity index (χ0) is 13.7. The molecule has 1 aliphatic rings. The summed E-state index contributed by atoms with van der Waals surface area (Å²) in [6, 6.07) is 0. The molecule has 0 saturated carbocycles. The Morgan fingerprint density at radius 3 is 3.26 bits per heavy atom. The van der Waals surface area contributed by atoms with Crippen LogP contribution in [0.25, 0.3) is 0 Å². The Morgan fingerprint density at radius 2 is 2.53 bits per heavy atom. The second-order valence-corrected chi connectivity index (χ2v) is 5.47. The number of ether oxygens (including phenoxy) is 1. The predicted octanol–water partition coefficient (Wildman–Crippen LogP) is 0.522. The monoisotopic (exact) mass is 284 g/mol. The number of amides is 1. The molecule has 1 amide bonds. The van der Waals surface area contributed by atoms with E-state index in [0.717, 1.165) is 38.5 Å². The van der Waals surface area contributed by atoms with Crippen LogP contribution >= 0.6 is 11.3 Å². The van der Waals surface area contributed by atoms with Crippen LogP contribution in [0.15, 0.2) is 5.38 Å². The van der Waals surface area contributed by atoms with Crippen LogP contribution in [-0.2, 0) is 16.1 Å². The van der Waals surface area contributed by atoms with Gasteiger partial charge in [-0.25, -0.2) is 4.98 Å². The van der Waals surface area contributed by atoms with Crippen LogP contribution < -0.4 is 10.6 Å². The van der Waals surface area contributed by atoms with Gasteiger partial charge >= 0.3 is 0 Å². The molecule has 1 aromatic heterocycles. The molecule has 1 fully saturated rings. The van der Waals surface area contributed by atoms with Gasteiger partial charge in [0.2, 0.25) is 5.91 Å². The maximum atomic E-state index is 10.9. The van der Waals surface area contributed by atoms with E-state index in [1.807, 2.05) is 12.4 Å². The molecule has 0 radical (unpaired) electrons. The van der Waals surface area contributed by atoms with Crippen LogP contribution in [0.4, 0.5) is 5.13 Å². The van der Waals surface area contributed by atoms with Crippen molar-refractivity contribution in [2.24, 2.45) is 0 Å². The number of anilines is 1. The molecule has 1 saturated heterocycles. The first kappa shape index (κ1) is 14.4. The molecule has 1 unspecified atom stereocenters. The standard InChI is InChI=1S/C12H20N4O2S/c1-9(17)14-12-15-10(8-19-12)6-16-3-4-18-11(7-16)5-13-2/h8,11,13H,3-7H2,1-2H3,(H,14,15,17). The van der Waals surface area contributed by atoms with Gasteiger partial charge in [-0.3, -0.25) is 9.69 Å². The van der Waals surface area contributed by atoms with Crippen LogP contribution in [0.1, 0.15) is 12.6 Å². The summed E-state index contributed by atoms with van der Waals surface area (Å²) in [5, 5.41) is 8.50. The number of thiazole rings is 1. The van der Waals surface area contributed by atoms with Crippen molar-refractivity contribution in [1.29, 1.82) is 0 Å². The van der Waals surface area contributed by atoms with E-state index in [4.69, 9.17) is 4.74 Å². The van der Waals surface area contributed by atoms with Gasteiger partial charge in [-0.1, -0.05) is 0 Å². The van der Waals surface area contributed by atoms with E-state index in [9.17, 15) is 4.79 Å². The number of nitrogens with one attached hydrogen (secondary N) is 2. The fraction of sp³-hybridized carbons (Fsp3) is 0.667. The van der Waals surface area contributed by atoms with Crippen molar-refractivity contribution < 1.29 is 9.53 Å².